The first kappa shape index (κ1) is 17.6. The highest BCUT2D eigenvalue weighted by atomic mass is 14.7. The molecule has 2 heterocycles. The fraction of sp³-hybridized carbons (Fsp3) is 0. The summed E-state index contributed by atoms with van der Waals surface area (Å²) in [5.41, 5.74) is 5.42. The Morgan fingerprint density at radius 1 is 0.429 bits per heavy atom. The molecule has 0 saturated heterocycles. The van der Waals surface area contributed by atoms with Crippen LogP contribution in [0.3, 0.4) is 0 Å². The maximum Gasteiger partial charge on any atom is 0.0709 e. The molecule has 0 aliphatic carbocycles. The highest BCUT2D eigenvalue weighted by molar-refractivity contribution is 5.81. The van der Waals surface area contributed by atoms with Crippen LogP contribution in [0.4, 0.5) is 0 Å². The van der Waals surface area contributed by atoms with Crippen molar-refractivity contribution >= 4 is 10.9 Å². The van der Waals surface area contributed by atoms with E-state index in [-0.39, 0.29) is 0 Å². The van der Waals surface area contributed by atoms with Crippen LogP contribution in [0.1, 0.15) is 0 Å². The number of rotatable bonds is 2. The SMILES string of the molecule is c1ccc(-c2ccc3ccccc3n2)cc1.c1ccc(-c2ccccn2)cc1. The Balaban J connectivity index is 0.000000143. The Labute approximate surface area is 165 Å². The maximum absolute atomic E-state index is 4.65. The summed E-state index contributed by atoms with van der Waals surface area (Å²) in [5.74, 6) is 0. The third-order valence-corrected chi connectivity index (χ3v) is 4.40. The number of aromatic nitrogens is 2. The van der Waals surface area contributed by atoms with Crippen LogP contribution in [0.15, 0.2) is 121 Å². The monoisotopic (exact) mass is 360 g/mol. The summed E-state index contributed by atoms with van der Waals surface area (Å²) < 4.78 is 0. The van der Waals surface area contributed by atoms with Crippen LogP contribution in [0.2, 0.25) is 0 Å². The molecular weight excluding hydrogens is 340 g/mol. The Hall–Kier alpha value is -3.78. The highest BCUT2D eigenvalue weighted by Crippen LogP contribution is 2.20. The quantitative estimate of drug-likeness (QED) is 0.352. The normalized spacial score (nSPS) is 10.1. The molecule has 0 spiro atoms. The molecule has 2 aromatic heterocycles. The number of hydrogen-bond donors (Lipinski definition) is 0. The van der Waals surface area contributed by atoms with Crippen molar-refractivity contribution < 1.29 is 0 Å². The topological polar surface area (TPSA) is 25.8 Å². The lowest BCUT2D eigenvalue weighted by Crippen LogP contribution is -1.84. The summed E-state index contributed by atoms with van der Waals surface area (Å²) in [6.07, 6.45) is 1.81. The number of pyridine rings is 2. The minimum atomic E-state index is 1.03. The summed E-state index contributed by atoms with van der Waals surface area (Å²) in [7, 11) is 0. The minimum absolute atomic E-state index is 1.03. The molecule has 0 bridgehead atoms. The van der Waals surface area contributed by atoms with E-state index in [9.17, 15) is 0 Å². The molecule has 5 aromatic rings. The van der Waals surface area contributed by atoms with Crippen molar-refractivity contribution in [1.82, 2.24) is 9.97 Å². The predicted molar refractivity (Wildman–Crippen MR) is 117 cm³/mol. The van der Waals surface area contributed by atoms with Crippen molar-refractivity contribution in [3.63, 3.8) is 0 Å². The van der Waals surface area contributed by atoms with Crippen molar-refractivity contribution in [1.29, 1.82) is 0 Å². The van der Waals surface area contributed by atoms with Gasteiger partial charge in [-0.1, -0.05) is 91.0 Å². The molecule has 0 aliphatic heterocycles. The van der Waals surface area contributed by atoms with Gasteiger partial charge in [0, 0.05) is 22.7 Å². The van der Waals surface area contributed by atoms with Crippen molar-refractivity contribution in [2.45, 2.75) is 0 Å². The van der Waals surface area contributed by atoms with E-state index in [1.807, 2.05) is 79.0 Å². The average molecular weight is 360 g/mol. The smallest absolute Gasteiger partial charge is 0.0709 e. The molecule has 3 aromatic carbocycles. The lowest BCUT2D eigenvalue weighted by Gasteiger charge is -2.02. The molecule has 134 valence electrons. The van der Waals surface area contributed by atoms with Crippen LogP contribution in [0.25, 0.3) is 33.4 Å². The minimum Gasteiger partial charge on any atom is -0.256 e. The summed E-state index contributed by atoms with van der Waals surface area (Å²) in [6, 6.07) is 38.7. The number of para-hydroxylation sites is 1. The summed E-state index contributed by atoms with van der Waals surface area (Å²) in [5, 5.41) is 1.18. The lowest BCUT2D eigenvalue weighted by atomic mass is 10.1. The van der Waals surface area contributed by atoms with Crippen LogP contribution in [-0.4, -0.2) is 9.97 Å². The van der Waals surface area contributed by atoms with Gasteiger partial charge < -0.3 is 0 Å². The van der Waals surface area contributed by atoms with E-state index in [0.717, 1.165) is 28.0 Å². The van der Waals surface area contributed by atoms with Crippen molar-refractivity contribution in [2.24, 2.45) is 0 Å². The van der Waals surface area contributed by atoms with Gasteiger partial charge in [-0.05, 0) is 24.3 Å². The second kappa shape index (κ2) is 8.74. The molecule has 0 fully saturated rings. The van der Waals surface area contributed by atoms with E-state index in [0.29, 0.717) is 0 Å². The Morgan fingerprint density at radius 3 is 1.71 bits per heavy atom. The second-order valence-electron chi connectivity index (χ2n) is 6.34. The number of benzene rings is 3. The van der Waals surface area contributed by atoms with Gasteiger partial charge in [0.05, 0.1) is 16.9 Å². The molecule has 0 radical (unpaired) electrons. The van der Waals surface area contributed by atoms with Gasteiger partial charge in [0.2, 0.25) is 0 Å². The van der Waals surface area contributed by atoms with E-state index < -0.39 is 0 Å². The first-order valence-corrected chi connectivity index (χ1v) is 9.28. The summed E-state index contributed by atoms with van der Waals surface area (Å²) in [4.78, 5) is 8.89. The van der Waals surface area contributed by atoms with E-state index in [1.165, 1.54) is 5.39 Å². The third kappa shape index (κ3) is 4.30. The zero-order valence-corrected chi connectivity index (χ0v) is 15.4. The van der Waals surface area contributed by atoms with Crippen LogP contribution in [0, 0.1) is 0 Å². The fourth-order valence-corrected chi connectivity index (χ4v) is 2.98. The first-order valence-electron chi connectivity index (χ1n) is 9.28. The standard InChI is InChI=1S/C15H11N.C11H9N/c1-2-6-12(7-3-1)15-11-10-13-8-4-5-9-14(13)16-15;1-2-6-10(7-3-1)11-8-4-5-9-12-11/h1-11H;1-9H. The Bertz CT molecular complexity index is 1100. The van der Waals surface area contributed by atoms with Gasteiger partial charge in [-0.3, -0.25) is 4.98 Å². The molecule has 28 heavy (non-hydrogen) atoms. The second-order valence-corrected chi connectivity index (χ2v) is 6.34. The van der Waals surface area contributed by atoms with Crippen LogP contribution < -0.4 is 0 Å². The molecule has 0 atom stereocenters. The molecule has 0 aliphatic rings. The predicted octanol–water partition coefficient (Wildman–Crippen LogP) is 6.65. The van der Waals surface area contributed by atoms with Gasteiger partial charge in [-0.25, -0.2) is 4.98 Å². The molecule has 5 rings (SSSR count). The van der Waals surface area contributed by atoms with Crippen LogP contribution in [-0.2, 0) is 0 Å². The van der Waals surface area contributed by atoms with Crippen molar-refractivity contribution in [2.75, 3.05) is 0 Å². The number of nitrogens with zero attached hydrogens (tertiary/aromatic N) is 2. The Kier molecular flexibility index (Phi) is 5.50. The van der Waals surface area contributed by atoms with Crippen molar-refractivity contribution in [3.05, 3.63) is 121 Å². The Morgan fingerprint density at radius 2 is 1.04 bits per heavy atom. The van der Waals surface area contributed by atoms with Gasteiger partial charge >= 0.3 is 0 Å². The van der Waals surface area contributed by atoms with E-state index in [1.54, 1.807) is 0 Å². The van der Waals surface area contributed by atoms with Gasteiger partial charge in [-0.15, -0.1) is 0 Å². The van der Waals surface area contributed by atoms with E-state index in [2.05, 4.69) is 52.4 Å². The van der Waals surface area contributed by atoms with Crippen LogP contribution in [0.5, 0.6) is 0 Å². The zero-order chi connectivity index (χ0) is 19.0. The van der Waals surface area contributed by atoms with Gasteiger partial charge in [-0.2, -0.15) is 0 Å². The molecule has 2 nitrogen and oxygen atoms in total. The summed E-state index contributed by atoms with van der Waals surface area (Å²) >= 11 is 0. The van der Waals surface area contributed by atoms with Crippen LogP contribution >= 0.6 is 0 Å². The first-order chi connectivity index (χ1) is 13.9. The average Bonchev–Trinajstić information content (AvgIpc) is 2.81. The molecular formula is C26H20N2. The lowest BCUT2D eigenvalue weighted by molar-refractivity contribution is 1.33. The molecule has 0 unspecified atom stereocenters. The van der Waals surface area contributed by atoms with Gasteiger partial charge in [0.25, 0.3) is 0 Å². The third-order valence-electron chi connectivity index (χ3n) is 4.40. The molecule has 0 amide bonds. The van der Waals surface area contributed by atoms with Gasteiger partial charge in [0.1, 0.15) is 0 Å². The fourth-order valence-electron chi connectivity index (χ4n) is 2.98. The van der Waals surface area contributed by atoms with E-state index >= 15 is 0 Å². The molecule has 0 saturated carbocycles. The largest absolute Gasteiger partial charge is 0.256 e. The number of hydrogen-bond acceptors (Lipinski definition) is 2. The summed E-state index contributed by atoms with van der Waals surface area (Å²) in [6.45, 7) is 0. The molecule has 2 heteroatoms. The van der Waals surface area contributed by atoms with E-state index in [4.69, 9.17) is 0 Å². The highest BCUT2D eigenvalue weighted by Gasteiger charge is 1.99. The number of fused-ring (bicyclic) bond motifs is 1. The maximum atomic E-state index is 4.65. The molecule has 0 N–H and O–H groups in total. The zero-order valence-electron chi connectivity index (χ0n) is 15.4. The van der Waals surface area contributed by atoms with Crippen molar-refractivity contribution in [3.8, 4) is 22.5 Å². The van der Waals surface area contributed by atoms with Gasteiger partial charge in [0.15, 0.2) is 0 Å².